The third-order valence-electron chi connectivity index (χ3n) is 5.20. The highest BCUT2D eigenvalue weighted by Gasteiger charge is 2.40. The SMILES string of the molecule is Cc1ccc(NC2=C(c3ccc(C)c(C)c3)C(=O)N(C(C)C)C2=O)cc1C. The van der Waals surface area contributed by atoms with E-state index in [1.54, 1.807) is 0 Å². The van der Waals surface area contributed by atoms with Gasteiger partial charge in [0.1, 0.15) is 5.70 Å². The third-order valence-corrected chi connectivity index (χ3v) is 5.20. The molecule has 140 valence electrons. The second-order valence-electron chi connectivity index (χ2n) is 7.55. The zero-order valence-electron chi connectivity index (χ0n) is 16.8. The fourth-order valence-corrected chi connectivity index (χ4v) is 3.26. The summed E-state index contributed by atoms with van der Waals surface area (Å²) in [6, 6.07) is 11.6. The van der Waals surface area contributed by atoms with Crippen molar-refractivity contribution in [3.05, 3.63) is 69.9 Å². The molecule has 0 saturated carbocycles. The number of anilines is 1. The Hall–Kier alpha value is -2.88. The summed E-state index contributed by atoms with van der Waals surface area (Å²) in [4.78, 5) is 27.4. The summed E-state index contributed by atoms with van der Waals surface area (Å²) in [6.45, 7) is 11.8. The van der Waals surface area contributed by atoms with Gasteiger partial charge in [-0.2, -0.15) is 0 Å². The molecule has 2 amide bonds. The monoisotopic (exact) mass is 362 g/mol. The van der Waals surface area contributed by atoms with Crippen molar-refractivity contribution in [2.24, 2.45) is 0 Å². The first-order chi connectivity index (χ1) is 12.7. The Kier molecular flexibility index (Phi) is 4.92. The number of rotatable bonds is 4. The van der Waals surface area contributed by atoms with Gasteiger partial charge >= 0.3 is 0 Å². The second-order valence-corrected chi connectivity index (χ2v) is 7.55. The molecule has 0 aliphatic carbocycles. The lowest BCUT2D eigenvalue weighted by atomic mass is 9.99. The van der Waals surface area contributed by atoms with E-state index in [4.69, 9.17) is 0 Å². The number of nitrogens with zero attached hydrogens (tertiary/aromatic N) is 1. The van der Waals surface area contributed by atoms with Gasteiger partial charge in [0.25, 0.3) is 11.8 Å². The van der Waals surface area contributed by atoms with Gasteiger partial charge in [-0.3, -0.25) is 14.5 Å². The van der Waals surface area contributed by atoms with E-state index in [9.17, 15) is 9.59 Å². The molecule has 0 aromatic heterocycles. The van der Waals surface area contributed by atoms with Crippen LogP contribution in [0, 0.1) is 27.7 Å². The van der Waals surface area contributed by atoms with E-state index >= 15 is 0 Å². The first kappa shape index (κ1) is 18.9. The lowest BCUT2D eigenvalue weighted by molar-refractivity contribution is -0.138. The molecule has 4 nitrogen and oxygen atoms in total. The molecule has 2 aromatic rings. The van der Waals surface area contributed by atoms with Crippen LogP contribution in [0.3, 0.4) is 0 Å². The minimum atomic E-state index is -0.276. The van der Waals surface area contributed by atoms with Gasteiger partial charge in [-0.25, -0.2) is 0 Å². The second kappa shape index (κ2) is 7.03. The Bertz CT molecular complexity index is 970. The average Bonchev–Trinajstić information content (AvgIpc) is 2.84. The summed E-state index contributed by atoms with van der Waals surface area (Å²) < 4.78 is 0. The van der Waals surface area contributed by atoms with Gasteiger partial charge in [-0.05, 0) is 81.5 Å². The Labute approximate surface area is 160 Å². The molecule has 0 unspecified atom stereocenters. The maximum atomic E-state index is 13.1. The largest absolute Gasteiger partial charge is 0.350 e. The molecule has 0 bridgehead atoms. The molecule has 1 heterocycles. The number of carbonyl (C=O) groups is 2. The Balaban J connectivity index is 2.13. The molecule has 1 N–H and O–H groups in total. The van der Waals surface area contributed by atoms with Crippen LogP contribution in [-0.2, 0) is 9.59 Å². The highest BCUT2D eigenvalue weighted by molar-refractivity contribution is 6.36. The van der Waals surface area contributed by atoms with Crippen molar-refractivity contribution in [1.29, 1.82) is 0 Å². The zero-order chi connectivity index (χ0) is 19.9. The van der Waals surface area contributed by atoms with E-state index in [1.165, 1.54) is 10.5 Å². The molecule has 0 fully saturated rings. The van der Waals surface area contributed by atoms with Gasteiger partial charge in [0.15, 0.2) is 0 Å². The summed E-state index contributed by atoms with van der Waals surface area (Å²) in [5.41, 5.74) is 6.92. The van der Waals surface area contributed by atoms with Crippen molar-refractivity contribution >= 4 is 23.1 Å². The van der Waals surface area contributed by atoms with Crippen molar-refractivity contribution in [2.75, 3.05) is 5.32 Å². The van der Waals surface area contributed by atoms with Crippen molar-refractivity contribution in [1.82, 2.24) is 4.90 Å². The Morgan fingerprint density at radius 2 is 1.37 bits per heavy atom. The fraction of sp³-hybridized carbons (Fsp3) is 0.304. The molecule has 1 aliphatic heterocycles. The van der Waals surface area contributed by atoms with Gasteiger partial charge in [-0.1, -0.05) is 24.3 Å². The number of imide groups is 1. The summed E-state index contributed by atoms with van der Waals surface area (Å²) in [5.74, 6) is -0.522. The highest BCUT2D eigenvalue weighted by Crippen LogP contribution is 2.32. The molecular formula is C23H26N2O2. The number of hydrogen-bond acceptors (Lipinski definition) is 3. The van der Waals surface area contributed by atoms with E-state index in [1.807, 2.05) is 77.9 Å². The van der Waals surface area contributed by atoms with Crippen LogP contribution in [0.15, 0.2) is 42.1 Å². The van der Waals surface area contributed by atoms with Crippen molar-refractivity contribution in [3.63, 3.8) is 0 Å². The van der Waals surface area contributed by atoms with E-state index in [0.29, 0.717) is 11.3 Å². The summed E-state index contributed by atoms with van der Waals surface area (Å²) in [5, 5.41) is 3.22. The van der Waals surface area contributed by atoms with Crippen LogP contribution in [0.4, 0.5) is 5.69 Å². The van der Waals surface area contributed by atoms with Crippen molar-refractivity contribution in [2.45, 2.75) is 47.6 Å². The maximum Gasteiger partial charge on any atom is 0.278 e. The van der Waals surface area contributed by atoms with Gasteiger partial charge in [0, 0.05) is 11.7 Å². The summed E-state index contributed by atoms with van der Waals surface area (Å²) in [7, 11) is 0. The minimum absolute atomic E-state index is 0.203. The van der Waals surface area contributed by atoms with E-state index in [2.05, 4.69) is 5.32 Å². The predicted octanol–water partition coefficient (Wildman–Crippen LogP) is 4.52. The van der Waals surface area contributed by atoms with E-state index in [0.717, 1.165) is 27.9 Å². The first-order valence-electron chi connectivity index (χ1n) is 9.24. The molecular weight excluding hydrogens is 336 g/mol. The Morgan fingerprint density at radius 3 is 1.93 bits per heavy atom. The first-order valence-corrected chi connectivity index (χ1v) is 9.24. The van der Waals surface area contributed by atoms with Crippen LogP contribution in [0.25, 0.3) is 5.57 Å². The van der Waals surface area contributed by atoms with E-state index in [-0.39, 0.29) is 17.9 Å². The standard InChI is InChI=1S/C23H26N2O2/c1-13(2)25-22(26)20(18-9-7-14(3)16(5)11-18)21(23(25)27)24-19-10-8-15(4)17(6)12-19/h7-13,24H,1-6H3. The van der Waals surface area contributed by atoms with Crippen molar-refractivity contribution < 1.29 is 9.59 Å². The average molecular weight is 362 g/mol. The quantitative estimate of drug-likeness (QED) is 0.814. The maximum absolute atomic E-state index is 13.1. The van der Waals surface area contributed by atoms with Crippen LogP contribution < -0.4 is 5.32 Å². The van der Waals surface area contributed by atoms with Gasteiger partial charge in [-0.15, -0.1) is 0 Å². The summed E-state index contributed by atoms with van der Waals surface area (Å²) in [6.07, 6.45) is 0. The summed E-state index contributed by atoms with van der Waals surface area (Å²) >= 11 is 0. The van der Waals surface area contributed by atoms with Gasteiger partial charge in [0.05, 0.1) is 5.57 Å². The molecule has 0 spiro atoms. The van der Waals surface area contributed by atoms with E-state index < -0.39 is 0 Å². The minimum Gasteiger partial charge on any atom is -0.350 e. The van der Waals surface area contributed by atoms with Crippen LogP contribution in [0.5, 0.6) is 0 Å². The van der Waals surface area contributed by atoms with Gasteiger partial charge in [0.2, 0.25) is 0 Å². The van der Waals surface area contributed by atoms with Crippen LogP contribution in [-0.4, -0.2) is 22.8 Å². The zero-order valence-corrected chi connectivity index (χ0v) is 16.8. The number of amides is 2. The molecule has 4 heteroatoms. The lowest BCUT2D eigenvalue weighted by Crippen LogP contribution is -2.38. The predicted molar refractivity (Wildman–Crippen MR) is 109 cm³/mol. The van der Waals surface area contributed by atoms with Crippen molar-refractivity contribution in [3.8, 4) is 0 Å². The van der Waals surface area contributed by atoms with Crippen LogP contribution >= 0.6 is 0 Å². The Morgan fingerprint density at radius 1 is 0.778 bits per heavy atom. The normalized spacial score (nSPS) is 14.6. The number of benzene rings is 2. The number of aryl methyl sites for hydroxylation is 4. The molecule has 1 aliphatic rings. The molecule has 0 saturated heterocycles. The molecule has 3 rings (SSSR count). The highest BCUT2D eigenvalue weighted by atomic mass is 16.2. The lowest BCUT2D eigenvalue weighted by Gasteiger charge is -2.19. The molecule has 2 aromatic carbocycles. The molecule has 0 atom stereocenters. The van der Waals surface area contributed by atoms with Crippen LogP contribution in [0.1, 0.15) is 41.7 Å². The van der Waals surface area contributed by atoms with Crippen LogP contribution in [0.2, 0.25) is 0 Å². The van der Waals surface area contributed by atoms with Gasteiger partial charge < -0.3 is 5.32 Å². The number of nitrogens with one attached hydrogen (secondary N) is 1. The smallest absolute Gasteiger partial charge is 0.278 e. The molecule has 0 radical (unpaired) electrons. The third kappa shape index (κ3) is 3.39. The topological polar surface area (TPSA) is 49.4 Å². The number of hydrogen-bond donors (Lipinski definition) is 1. The molecule has 27 heavy (non-hydrogen) atoms. The fourth-order valence-electron chi connectivity index (χ4n) is 3.26. The number of carbonyl (C=O) groups excluding carboxylic acids is 2.